The smallest absolute Gasteiger partial charge is 0.262 e. The van der Waals surface area contributed by atoms with Crippen molar-refractivity contribution in [3.8, 4) is 0 Å². The van der Waals surface area contributed by atoms with Crippen molar-refractivity contribution in [3.63, 3.8) is 0 Å². The average Bonchev–Trinajstić information content (AvgIpc) is 3.12. The molecule has 0 aliphatic carbocycles. The molecule has 0 aliphatic rings. The quantitative estimate of drug-likeness (QED) is 0.493. The third-order valence-corrected chi connectivity index (χ3v) is 5.51. The summed E-state index contributed by atoms with van der Waals surface area (Å²) in [5, 5.41) is 7.79. The van der Waals surface area contributed by atoms with E-state index in [9.17, 15) is 4.79 Å². The summed E-state index contributed by atoms with van der Waals surface area (Å²) in [5.74, 6) is -0.212. The molecule has 0 aliphatic heterocycles. The number of hydrogen-bond acceptors (Lipinski definition) is 6. The second kappa shape index (κ2) is 7.20. The summed E-state index contributed by atoms with van der Waals surface area (Å²) in [5.41, 5.74) is 3.46. The molecule has 0 bridgehead atoms. The van der Waals surface area contributed by atoms with Gasteiger partial charge in [-0.25, -0.2) is 10.4 Å². The van der Waals surface area contributed by atoms with Crippen molar-refractivity contribution in [1.82, 2.24) is 10.4 Å². The number of carbonyl (C=O) groups excluding carboxylic acids is 1. The van der Waals surface area contributed by atoms with Gasteiger partial charge in [0, 0.05) is 4.88 Å². The number of nitrogens with one attached hydrogen (secondary N) is 2. The molecule has 5 nitrogen and oxygen atoms in total. The minimum atomic E-state index is -0.428. The number of fused-ring (bicyclic) bond motifs is 1. The monoisotopic (exact) mass is 408 g/mol. The van der Waals surface area contributed by atoms with Crippen LogP contribution >= 0.6 is 38.6 Å². The lowest BCUT2D eigenvalue weighted by molar-refractivity contribution is -0.121. The molecule has 1 aromatic carbocycles. The van der Waals surface area contributed by atoms with Crippen LogP contribution in [0.25, 0.3) is 10.2 Å². The van der Waals surface area contributed by atoms with E-state index in [4.69, 9.17) is 0 Å². The molecular formula is C15H13BrN4OS2. The van der Waals surface area contributed by atoms with Crippen molar-refractivity contribution in [2.24, 2.45) is 5.10 Å². The first-order valence-electron chi connectivity index (χ1n) is 6.82. The maximum absolute atomic E-state index is 12.0. The van der Waals surface area contributed by atoms with Gasteiger partial charge in [-0.2, -0.15) is 5.10 Å². The number of hydrazone groups is 1. The molecule has 0 fully saturated rings. The third kappa shape index (κ3) is 4.15. The summed E-state index contributed by atoms with van der Waals surface area (Å²) in [6.45, 7) is 1.78. The molecule has 0 saturated heterocycles. The van der Waals surface area contributed by atoms with Gasteiger partial charge in [-0.1, -0.05) is 23.5 Å². The van der Waals surface area contributed by atoms with Crippen molar-refractivity contribution in [2.75, 3.05) is 5.32 Å². The Morgan fingerprint density at radius 3 is 2.87 bits per heavy atom. The molecule has 0 saturated carbocycles. The number of halogens is 1. The van der Waals surface area contributed by atoms with Gasteiger partial charge < -0.3 is 5.32 Å². The van der Waals surface area contributed by atoms with Gasteiger partial charge in [0.2, 0.25) is 0 Å². The number of nitrogens with zero attached hydrogens (tertiary/aromatic N) is 2. The highest BCUT2D eigenvalue weighted by atomic mass is 79.9. The van der Waals surface area contributed by atoms with Crippen molar-refractivity contribution in [2.45, 2.75) is 13.0 Å². The van der Waals surface area contributed by atoms with Crippen molar-refractivity contribution in [1.29, 1.82) is 0 Å². The van der Waals surface area contributed by atoms with E-state index in [0.29, 0.717) is 0 Å². The lowest BCUT2D eigenvalue weighted by Gasteiger charge is -2.10. The summed E-state index contributed by atoms with van der Waals surface area (Å²) < 4.78 is 2.11. The SMILES string of the molecule is C[C@H](Nc1nc2ccccc2s1)C(=O)N/N=C\c1ccc(Br)s1. The first-order chi connectivity index (χ1) is 11.1. The molecule has 1 amide bonds. The first kappa shape index (κ1) is 16.1. The van der Waals surface area contributed by atoms with Gasteiger partial charge in [0.05, 0.1) is 20.2 Å². The average molecular weight is 409 g/mol. The van der Waals surface area contributed by atoms with Gasteiger partial charge in [0.15, 0.2) is 5.13 Å². The zero-order valence-electron chi connectivity index (χ0n) is 12.1. The highest BCUT2D eigenvalue weighted by Crippen LogP contribution is 2.25. The Hall–Kier alpha value is -1.77. The highest BCUT2D eigenvalue weighted by molar-refractivity contribution is 9.11. The van der Waals surface area contributed by atoms with Gasteiger partial charge in [0.1, 0.15) is 6.04 Å². The fourth-order valence-electron chi connectivity index (χ4n) is 1.84. The number of amides is 1. The largest absolute Gasteiger partial charge is 0.350 e. The van der Waals surface area contributed by atoms with Crippen LogP contribution in [0.4, 0.5) is 5.13 Å². The molecule has 23 heavy (non-hydrogen) atoms. The summed E-state index contributed by atoms with van der Waals surface area (Å²) in [7, 11) is 0. The number of thiophene rings is 1. The molecule has 8 heteroatoms. The van der Waals surface area contributed by atoms with Crippen molar-refractivity contribution in [3.05, 3.63) is 45.1 Å². The van der Waals surface area contributed by atoms with Crippen LogP contribution in [0.1, 0.15) is 11.8 Å². The predicted molar refractivity (Wildman–Crippen MR) is 100 cm³/mol. The maximum Gasteiger partial charge on any atom is 0.262 e. The zero-order chi connectivity index (χ0) is 16.2. The van der Waals surface area contributed by atoms with Crippen LogP contribution in [0.2, 0.25) is 0 Å². The molecule has 118 valence electrons. The Kier molecular flexibility index (Phi) is 5.04. The van der Waals surface area contributed by atoms with Crippen LogP contribution in [-0.2, 0) is 4.79 Å². The Morgan fingerprint density at radius 2 is 2.13 bits per heavy atom. The number of rotatable bonds is 5. The van der Waals surface area contributed by atoms with Crippen LogP contribution in [0, 0.1) is 0 Å². The van der Waals surface area contributed by atoms with E-state index >= 15 is 0 Å². The summed E-state index contributed by atoms with van der Waals surface area (Å²) in [6.07, 6.45) is 1.62. The van der Waals surface area contributed by atoms with Gasteiger partial charge in [-0.3, -0.25) is 4.79 Å². The Bertz CT molecular complexity index is 825. The number of aromatic nitrogens is 1. The van der Waals surface area contributed by atoms with Gasteiger partial charge in [-0.05, 0) is 47.1 Å². The fourth-order valence-corrected chi connectivity index (χ4v) is 4.09. The number of hydrogen-bond donors (Lipinski definition) is 2. The van der Waals surface area contributed by atoms with Gasteiger partial charge >= 0.3 is 0 Å². The van der Waals surface area contributed by atoms with Crippen LogP contribution < -0.4 is 10.7 Å². The first-order valence-corrected chi connectivity index (χ1v) is 9.25. The molecule has 3 rings (SSSR count). The van der Waals surface area contributed by atoms with Crippen LogP contribution in [0.5, 0.6) is 0 Å². The second-order valence-electron chi connectivity index (χ2n) is 4.73. The maximum atomic E-state index is 12.0. The minimum Gasteiger partial charge on any atom is -0.350 e. The number of thiazole rings is 1. The molecule has 0 spiro atoms. The Balaban J connectivity index is 1.57. The zero-order valence-corrected chi connectivity index (χ0v) is 15.3. The lowest BCUT2D eigenvalue weighted by atomic mass is 10.3. The third-order valence-electron chi connectivity index (χ3n) is 2.99. The van der Waals surface area contributed by atoms with E-state index in [1.54, 1.807) is 24.5 Å². The molecule has 2 N–H and O–H groups in total. The molecular weight excluding hydrogens is 396 g/mol. The highest BCUT2D eigenvalue weighted by Gasteiger charge is 2.14. The number of para-hydroxylation sites is 1. The van der Waals surface area contributed by atoms with Crippen molar-refractivity contribution >= 4 is 66.1 Å². The van der Waals surface area contributed by atoms with Crippen LogP contribution in [0.3, 0.4) is 0 Å². The standard InChI is InChI=1S/C15H13BrN4OS2/c1-9(14(21)20-17-8-10-6-7-13(16)22-10)18-15-19-11-4-2-3-5-12(11)23-15/h2-9H,1H3,(H,18,19)(H,20,21)/b17-8-/t9-/m0/s1. The summed E-state index contributed by atoms with van der Waals surface area (Å²) >= 11 is 6.45. The van der Waals surface area contributed by atoms with E-state index in [2.05, 4.69) is 36.8 Å². The van der Waals surface area contributed by atoms with E-state index in [-0.39, 0.29) is 5.91 Å². The van der Waals surface area contributed by atoms with E-state index < -0.39 is 6.04 Å². The predicted octanol–water partition coefficient (Wildman–Crippen LogP) is 4.07. The van der Waals surface area contributed by atoms with E-state index in [0.717, 1.165) is 24.0 Å². The molecule has 2 heterocycles. The molecule has 0 unspecified atom stereocenters. The van der Waals surface area contributed by atoms with Gasteiger partial charge in [0.25, 0.3) is 5.91 Å². The molecule has 1 atom stereocenters. The normalized spacial score (nSPS) is 12.6. The molecule has 2 aromatic heterocycles. The van der Waals surface area contributed by atoms with Gasteiger partial charge in [-0.15, -0.1) is 11.3 Å². The minimum absolute atomic E-state index is 0.212. The summed E-state index contributed by atoms with van der Waals surface area (Å²) in [4.78, 5) is 17.5. The number of benzene rings is 1. The Labute approximate surface area is 149 Å². The molecule has 3 aromatic rings. The van der Waals surface area contributed by atoms with Crippen LogP contribution in [0.15, 0.2) is 45.3 Å². The van der Waals surface area contributed by atoms with E-state index in [1.807, 2.05) is 36.4 Å². The number of anilines is 1. The fraction of sp³-hybridized carbons (Fsp3) is 0.133. The van der Waals surface area contributed by atoms with E-state index in [1.165, 1.54) is 11.3 Å². The van der Waals surface area contributed by atoms with Crippen LogP contribution in [-0.4, -0.2) is 23.1 Å². The lowest BCUT2D eigenvalue weighted by Crippen LogP contribution is -2.34. The van der Waals surface area contributed by atoms with Crippen molar-refractivity contribution < 1.29 is 4.79 Å². The topological polar surface area (TPSA) is 66.4 Å². The number of carbonyl (C=O) groups is 1. The second-order valence-corrected chi connectivity index (χ2v) is 8.25. The Morgan fingerprint density at radius 1 is 1.30 bits per heavy atom. The summed E-state index contributed by atoms with van der Waals surface area (Å²) in [6, 6.07) is 11.3. The molecule has 0 radical (unpaired) electrons.